The van der Waals surface area contributed by atoms with Crippen molar-refractivity contribution in [2.45, 2.75) is 12.3 Å². The van der Waals surface area contributed by atoms with Gasteiger partial charge in [-0.25, -0.2) is 0 Å². The summed E-state index contributed by atoms with van der Waals surface area (Å²) < 4.78 is 10.6. The summed E-state index contributed by atoms with van der Waals surface area (Å²) in [4.78, 5) is 26.6. The lowest BCUT2D eigenvalue weighted by Gasteiger charge is -2.26. The third-order valence-corrected chi connectivity index (χ3v) is 5.31. The van der Waals surface area contributed by atoms with Crippen molar-refractivity contribution in [1.29, 1.82) is 0 Å². The summed E-state index contributed by atoms with van der Waals surface area (Å²) in [6, 6.07) is 2.06. The Morgan fingerprint density at radius 2 is 1.80 bits per heavy atom. The molecule has 0 radical (unpaired) electrons. The zero-order chi connectivity index (χ0) is 21.7. The fourth-order valence-corrected chi connectivity index (χ4v) is 3.92. The van der Waals surface area contributed by atoms with Crippen LogP contribution >= 0.6 is 0 Å². The summed E-state index contributed by atoms with van der Waals surface area (Å²) in [6.07, 6.45) is 1.23. The highest BCUT2D eigenvalue weighted by molar-refractivity contribution is 6.30. The van der Waals surface area contributed by atoms with E-state index >= 15 is 0 Å². The molecule has 156 valence electrons. The van der Waals surface area contributed by atoms with Gasteiger partial charge in [-0.1, -0.05) is 6.08 Å². The summed E-state index contributed by atoms with van der Waals surface area (Å²) >= 11 is 0. The number of carbonyl (C=O) groups excluding carboxylic acids is 2. The highest BCUT2D eigenvalue weighted by Crippen LogP contribution is 2.47. The first-order valence-corrected chi connectivity index (χ1v) is 9.07. The number of fused-ring (bicyclic) bond motifs is 3. The van der Waals surface area contributed by atoms with Gasteiger partial charge in [-0.05, 0) is 25.3 Å². The lowest BCUT2D eigenvalue weighted by atomic mass is 9.79. The first-order chi connectivity index (χ1) is 14.3. The van der Waals surface area contributed by atoms with Crippen molar-refractivity contribution in [2.24, 2.45) is 0 Å². The lowest BCUT2D eigenvalue weighted by Crippen LogP contribution is -2.25. The minimum Gasteiger partial charge on any atom is -0.507 e. The van der Waals surface area contributed by atoms with Gasteiger partial charge in [0.05, 0.1) is 29.8 Å². The molecule has 1 aliphatic carbocycles. The van der Waals surface area contributed by atoms with Gasteiger partial charge < -0.3 is 35.2 Å². The molecule has 5 N–H and O–H groups in total. The second-order valence-electron chi connectivity index (χ2n) is 6.86. The number of aromatic hydroxyl groups is 2. The molecule has 0 aromatic heterocycles. The second-order valence-corrected chi connectivity index (χ2v) is 6.86. The number of benzene rings is 2. The van der Waals surface area contributed by atoms with Gasteiger partial charge in [-0.3, -0.25) is 9.59 Å². The number of ether oxygens (including phenoxy) is 2. The molecule has 1 aliphatic heterocycles. The molecule has 0 bridgehead atoms. The monoisotopic (exact) mass is 413 g/mol. The average Bonchev–Trinajstić information content (AvgIpc) is 2.93. The van der Waals surface area contributed by atoms with Crippen molar-refractivity contribution >= 4 is 11.6 Å². The molecule has 1 atom stereocenters. The van der Waals surface area contributed by atoms with Crippen LogP contribution in [0.15, 0.2) is 24.3 Å². The highest BCUT2D eigenvalue weighted by atomic mass is 16.5. The van der Waals surface area contributed by atoms with E-state index in [-0.39, 0.29) is 40.4 Å². The second kappa shape index (κ2) is 7.13. The van der Waals surface area contributed by atoms with Crippen LogP contribution in [0.25, 0.3) is 0 Å². The first-order valence-electron chi connectivity index (χ1n) is 9.07. The number of hydrogen-bond acceptors (Lipinski definition) is 9. The number of aliphatic hydroxyl groups is 2. The van der Waals surface area contributed by atoms with Crippen LogP contribution in [0.3, 0.4) is 0 Å². The zero-order valence-corrected chi connectivity index (χ0v) is 16.1. The molecular weight excluding hydrogens is 394 g/mol. The van der Waals surface area contributed by atoms with E-state index in [2.05, 4.69) is 5.32 Å². The Morgan fingerprint density at radius 3 is 2.43 bits per heavy atom. The maximum Gasteiger partial charge on any atom is 0.198 e. The number of rotatable bonds is 3. The fraction of sp³-hybridized carbons (Fsp3) is 0.238. The van der Waals surface area contributed by atoms with Gasteiger partial charge >= 0.3 is 0 Å². The Hall–Kier alpha value is -3.40. The number of methoxy groups -OCH3 is 1. The fourth-order valence-electron chi connectivity index (χ4n) is 3.92. The lowest BCUT2D eigenvalue weighted by molar-refractivity contribution is -0.0445. The molecule has 9 nitrogen and oxygen atoms in total. The predicted molar refractivity (Wildman–Crippen MR) is 103 cm³/mol. The number of carbonyl (C=O) groups is 2. The van der Waals surface area contributed by atoms with E-state index in [1.807, 2.05) is 0 Å². The summed E-state index contributed by atoms with van der Waals surface area (Å²) in [5.74, 6) is -2.57. The van der Waals surface area contributed by atoms with Crippen LogP contribution in [0.4, 0.5) is 0 Å². The number of nitrogens with one attached hydrogen (secondary N) is 1. The Balaban J connectivity index is 2.05. The van der Waals surface area contributed by atoms with E-state index in [9.17, 15) is 30.0 Å². The molecule has 9 heteroatoms. The zero-order valence-electron chi connectivity index (χ0n) is 16.1. The molecule has 30 heavy (non-hydrogen) atoms. The van der Waals surface area contributed by atoms with E-state index in [1.165, 1.54) is 13.2 Å². The maximum atomic E-state index is 13.4. The van der Waals surface area contributed by atoms with E-state index in [4.69, 9.17) is 9.47 Å². The normalized spacial score (nSPS) is 17.2. The summed E-state index contributed by atoms with van der Waals surface area (Å²) in [7, 11) is 2.89. The molecule has 2 aliphatic rings. The van der Waals surface area contributed by atoms with Crippen molar-refractivity contribution in [3.8, 4) is 23.0 Å². The molecule has 0 saturated carbocycles. The van der Waals surface area contributed by atoms with Gasteiger partial charge in [0.1, 0.15) is 18.1 Å². The van der Waals surface area contributed by atoms with Gasteiger partial charge in [0, 0.05) is 16.7 Å². The molecule has 0 saturated heterocycles. The third kappa shape index (κ3) is 2.67. The number of hydrogen-bond donors (Lipinski definition) is 5. The Labute approximate surface area is 170 Å². The van der Waals surface area contributed by atoms with Crippen LogP contribution in [0.2, 0.25) is 0 Å². The molecule has 0 amide bonds. The van der Waals surface area contributed by atoms with Crippen LogP contribution in [-0.2, 0) is 0 Å². The summed E-state index contributed by atoms with van der Waals surface area (Å²) in [5.41, 5.74) is -1.26. The van der Waals surface area contributed by atoms with Crippen LogP contribution in [0.5, 0.6) is 23.0 Å². The minimum absolute atomic E-state index is 0.0911. The van der Waals surface area contributed by atoms with E-state index in [0.717, 1.165) is 6.07 Å². The molecule has 2 aromatic carbocycles. The molecule has 0 fully saturated rings. The molecular formula is C21H19NO8. The number of ketones is 2. The quantitative estimate of drug-likeness (QED) is 0.314. The third-order valence-electron chi connectivity index (χ3n) is 5.31. The smallest absolute Gasteiger partial charge is 0.198 e. The van der Waals surface area contributed by atoms with Gasteiger partial charge in [0.2, 0.25) is 0 Å². The Kier molecular flexibility index (Phi) is 4.73. The van der Waals surface area contributed by atoms with Crippen LogP contribution in [0.1, 0.15) is 55.3 Å². The van der Waals surface area contributed by atoms with Crippen LogP contribution in [0, 0.1) is 0 Å². The summed E-state index contributed by atoms with van der Waals surface area (Å²) in [5, 5.41) is 43.9. The summed E-state index contributed by atoms with van der Waals surface area (Å²) in [6.45, 7) is 0.213. The van der Waals surface area contributed by atoms with E-state index in [0.29, 0.717) is 0 Å². The van der Waals surface area contributed by atoms with E-state index < -0.39 is 46.5 Å². The van der Waals surface area contributed by atoms with Gasteiger partial charge in [0.25, 0.3) is 0 Å². The predicted octanol–water partition coefficient (Wildman–Crippen LogP) is 1.07. The first kappa shape index (κ1) is 19.9. The number of aliphatic hydroxyl groups excluding tert-OH is 1. The van der Waals surface area contributed by atoms with Crippen LogP contribution < -0.4 is 14.8 Å². The molecule has 4 rings (SSSR count). The van der Waals surface area contributed by atoms with Crippen molar-refractivity contribution < 1.29 is 39.5 Å². The Bertz CT molecular complexity index is 1120. The van der Waals surface area contributed by atoms with Gasteiger partial charge in [-0.2, -0.15) is 0 Å². The SMILES string of the molecule is CN[C@@H]1C=CCOc2cc3c(c(O)c21)C(=O)c1c(cc(OC)c(O)c1C(O)O)C3=O. The van der Waals surface area contributed by atoms with Gasteiger partial charge in [-0.15, -0.1) is 0 Å². The molecule has 2 aromatic rings. The minimum atomic E-state index is -2.26. The standard InChI is InChI=1S/C21H19NO8/c1-22-10-4-3-5-30-11-6-9-14(20(26)15(10)11)19(25)13-8(17(9)23)7-12(29-2)18(24)16(13)21(27)28/h3-4,6-7,10,21-22,24,26-28H,5H2,1-2H3/t10-/m1/s1. The highest BCUT2D eigenvalue weighted by Gasteiger charge is 2.40. The van der Waals surface area contributed by atoms with Crippen molar-refractivity contribution in [1.82, 2.24) is 5.32 Å². The van der Waals surface area contributed by atoms with Crippen molar-refractivity contribution in [3.05, 3.63) is 57.7 Å². The topological polar surface area (TPSA) is 146 Å². The molecule has 0 unspecified atom stereocenters. The molecule has 1 heterocycles. The Morgan fingerprint density at radius 1 is 1.10 bits per heavy atom. The maximum absolute atomic E-state index is 13.4. The molecule has 0 spiro atoms. The van der Waals surface area contributed by atoms with Crippen molar-refractivity contribution in [3.63, 3.8) is 0 Å². The van der Waals surface area contributed by atoms with Gasteiger partial charge in [0.15, 0.2) is 29.4 Å². The number of likely N-dealkylation sites (N-methyl/N-ethyl adjacent to an activating group) is 1. The number of phenolic OH excluding ortho intramolecular Hbond substituents is 2. The van der Waals surface area contributed by atoms with Crippen molar-refractivity contribution in [2.75, 3.05) is 20.8 Å². The van der Waals surface area contributed by atoms with E-state index in [1.54, 1.807) is 19.2 Å². The van der Waals surface area contributed by atoms with Crippen LogP contribution in [-0.4, -0.2) is 52.8 Å². The largest absolute Gasteiger partial charge is 0.507 e. The number of phenols is 2. The average molecular weight is 413 g/mol.